The SMILES string of the molecule is CCCCC/C=C\C/C=C\C/C=C\CCCCCCCCC(=O)OC[C@@H](COC(=O)CCCCCCCCCCCCCCCCC)OC(=O)CCCCCCCC/C=C\C/C=C\C/C=C\CCCCC. The molecule has 6 heteroatoms. The normalized spacial score (nSPS) is 12.5. The van der Waals surface area contributed by atoms with Crippen LogP contribution in [0.2, 0.25) is 0 Å². The van der Waals surface area contributed by atoms with E-state index < -0.39 is 6.10 Å². The van der Waals surface area contributed by atoms with Crippen molar-refractivity contribution in [1.82, 2.24) is 0 Å². The maximum Gasteiger partial charge on any atom is 0.306 e. The maximum atomic E-state index is 12.9. The Morgan fingerprint density at radius 2 is 0.507 bits per heavy atom. The van der Waals surface area contributed by atoms with Crippen LogP contribution < -0.4 is 0 Å². The van der Waals surface area contributed by atoms with Crippen LogP contribution in [0.15, 0.2) is 72.9 Å². The van der Waals surface area contributed by atoms with Crippen molar-refractivity contribution >= 4 is 17.9 Å². The first-order valence-electron chi connectivity index (χ1n) is 30.4. The molecule has 0 amide bonds. The minimum Gasteiger partial charge on any atom is -0.462 e. The average molecular weight is 992 g/mol. The van der Waals surface area contributed by atoms with E-state index in [-0.39, 0.29) is 31.1 Å². The molecular weight excluding hydrogens is 877 g/mol. The fourth-order valence-corrected chi connectivity index (χ4v) is 8.57. The Hall–Kier alpha value is -3.15. The Morgan fingerprint density at radius 1 is 0.282 bits per heavy atom. The fourth-order valence-electron chi connectivity index (χ4n) is 8.57. The van der Waals surface area contributed by atoms with Crippen LogP contribution in [0.1, 0.15) is 303 Å². The van der Waals surface area contributed by atoms with Gasteiger partial charge in [-0.05, 0) is 96.3 Å². The fraction of sp³-hybridized carbons (Fsp3) is 0.769. The molecule has 0 aromatic rings. The number of unbranched alkanes of at least 4 members (excludes halogenated alkanes) is 32. The minimum absolute atomic E-state index is 0.0827. The highest BCUT2D eigenvalue weighted by molar-refractivity contribution is 5.71. The summed E-state index contributed by atoms with van der Waals surface area (Å²) in [5, 5.41) is 0. The quantitative estimate of drug-likeness (QED) is 0.0261. The van der Waals surface area contributed by atoms with Gasteiger partial charge in [-0.25, -0.2) is 0 Å². The van der Waals surface area contributed by atoms with Crippen molar-refractivity contribution in [3.63, 3.8) is 0 Å². The zero-order valence-electron chi connectivity index (χ0n) is 47.0. The van der Waals surface area contributed by atoms with Crippen molar-refractivity contribution in [2.45, 2.75) is 309 Å². The third-order valence-corrected chi connectivity index (χ3v) is 13.2. The summed E-state index contributed by atoms with van der Waals surface area (Å²) in [7, 11) is 0. The van der Waals surface area contributed by atoms with Gasteiger partial charge in [0.2, 0.25) is 0 Å². The van der Waals surface area contributed by atoms with Gasteiger partial charge < -0.3 is 14.2 Å². The van der Waals surface area contributed by atoms with Crippen LogP contribution in [0.4, 0.5) is 0 Å². The van der Waals surface area contributed by atoms with E-state index in [1.54, 1.807) is 0 Å². The summed E-state index contributed by atoms with van der Waals surface area (Å²) in [6.07, 6.45) is 76.0. The topological polar surface area (TPSA) is 78.9 Å². The second-order valence-corrected chi connectivity index (χ2v) is 20.3. The second-order valence-electron chi connectivity index (χ2n) is 20.3. The summed E-state index contributed by atoms with van der Waals surface area (Å²) in [6.45, 7) is 6.59. The van der Waals surface area contributed by atoms with Crippen molar-refractivity contribution in [3.8, 4) is 0 Å². The zero-order valence-corrected chi connectivity index (χ0v) is 47.0. The number of carbonyl (C=O) groups is 3. The molecule has 0 N–H and O–H groups in total. The Balaban J connectivity index is 4.42. The Labute approximate surface area is 440 Å². The molecular formula is C65H114O6. The number of hydrogen-bond acceptors (Lipinski definition) is 6. The van der Waals surface area contributed by atoms with Crippen LogP contribution in [-0.4, -0.2) is 37.2 Å². The first-order valence-corrected chi connectivity index (χ1v) is 30.4. The lowest BCUT2D eigenvalue weighted by atomic mass is 10.0. The molecule has 0 fully saturated rings. The molecule has 0 spiro atoms. The highest BCUT2D eigenvalue weighted by Crippen LogP contribution is 2.16. The van der Waals surface area contributed by atoms with Gasteiger partial charge in [-0.1, -0.05) is 261 Å². The number of rotatable bonds is 55. The summed E-state index contributed by atoms with van der Waals surface area (Å²) in [4.78, 5) is 38.3. The average Bonchev–Trinajstić information content (AvgIpc) is 3.37. The molecule has 0 aliphatic heterocycles. The minimum atomic E-state index is -0.788. The van der Waals surface area contributed by atoms with Crippen molar-refractivity contribution in [1.29, 1.82) is 0 Å². The molecule has 0 bridgehead atoms. The lowest BCUT2D eigenvalue weighted by Gasteiger charge is -2.18. The van der Waals surface area contributed by atoms with Crippen molar-refractivity contribution < 1.29 is 28.6 Å². The van der Waals surface area contributed by atoms with Gasteiger partial charge in [0.05, 0.1) is 0 Å². The van der Waals surface area contributed by atoms with Gasteiger partial charge in [-0.15, -0.1) is 0 Å². The first-order chi connectivity index (χ1) is 35.0. The Bertz CT molecular complexity index is 1320. The van der Waals surface area contributed by atoms with Gasteiger partial charge in [0.15, 0.2) is 6.10 Å². The molecule has 0 unspecified atom stereocenters. The number of esters is 3. The molecule has 71 heavy (non-hydrogen) atoms. The van der Waals surface area contributed by atoms with E-state index in [1.807, 2.05) is 0 Å². The van der Waals surface area contributed by atoms with E-state index >= 15 is 0 Å². The van der Waals surface area contributed by atoms with Crippen molar-refractivity contribution in [2.75, 3.05) is 13.2 Å². The van der Waals surface area contributed by atoms with E-state index in [1.165, 1.54) is 161 Å². The van der Waals surface area contributed by atoms with E-state index in [2.05, 4.69) is 93.7 Å². The Morgan fingerprint density at radius 3 is 0.817 bits per heavy atom. The molecule has 0 radical (unpaired) electrons. The smallest absolute Gasteiger partial charge is 0.306 e. The molecule has 0 aromatic heterocycles. The molecule has 0 aromatic carbocycles. The van der Waals surface area contributed by atoms with Gasteiger partial charge in [-0.3, -0.25) is 14.4 Å². The Kier molecular flexibility index (Phi) is 56.8. The van der Waals surface area contributed by atoms with Gasteiger partial charge >= 0.3 is 17.9 Å². The largest absolute Gasteiger partial charge is 0.462 e. The molecule has 0 aliphatic rings. The predicted molar refractivity (Wildman–Crippen MR) is 307 cm³/mol. The number of hydrogen-bond donors (Lipinski definition) is 0. The highest BCUT2D eigenvalue weighted by atomic mass is 16.6. The zero-order chi connectivity index (χ0) is 51.4. The lowest BCUT2D eigenvalue weighted by Crippen LogP contribution is -2.30. The van der Waals surface area contributed by atoms with Crippen molar-refractivity contribution in [3.05, 3.63) is 72.9 Å². The molecule has 0 saturated carbocycles. The maximum absolute atomic E-state index is 12.9. The van der Waals surface area contributed by atoms with Gasteiger partial charge in [-0.2, -0.15) is 0 Å². The summed E-state index contributed by atoms with van der Waals surface area (Å²) >= 11 is 0. The van der Waals surface area contributed by atoms with Gasteiger partial charge in [0.1, 0.15) is 13.2 Å². The molecule has 410 valence electrons. The van der Waals surface area contributed by atoms with Crippen LogP contribution in [0.3, 0.4) is 0 Å². The van der Waals surface area contributed by atoms with Crippen LogP contribution in [0.5, 0.6) is 0 Å². The van der Waals surface area contributed by atoms with Crippen molar-refractivity contribution in [2.24, 2.45) is 0 Å². The second kappa shape index (κ2) is 59.4. The molecule has 1 atom stereocenters. The third-order valence-electron chi connectivity index (χ3n) is 13.2. The molecule has 6 nitrogen and oxygen atoms in total. The van der Waals surface area contributed by atoms with Crippen LogP contribution >= 0.6 is 0 Å². The van der Waals surface area contributed by atoms with Gasteiger partial charge in [0.25, 0.3) is 0 Å². The predicted octanol–water partition coefficient (Wildman–Crippen LogP) is 20.5. The molecule has 0 saturated heterocycles. The summed E-state index contributed by atoms with van der Waals surface area (Å²) in [5.41, 5.74) is 0. The summed E-state index contributed by atoms with van der Waals surface area (Å²) in [6, 6.07) is 0. The monoisotopic (exact) mass is 991 g/mol. The lowest BCUT2D eigenvalue weighted by molar-refractivity contribution is -0.167. The van der Waals surface area contributed by atoms with Gasteiger partial charge in [0, 0.05) is 19.3 Å². The number of ether oxygens (including phenoxy) is 3. The van der Waals surface area contributed by atoms with E-state index in [9.17, 15) is 14.4 Å². The first kappa shape index (κ1) is 67.8. The molecule has 0 heterocycles. The third kappa shape index (κ3) is 57.6. The van der Waals surface area contributed by atoms with Crippen LogP contribution in [0.25, 0.3) is 0 Å². The number of carbonyl (C=O) groups excluding carboxylic acids is 3. The standard InChI is InChI=1S/C65H114O6/c1-4-7-10-13-16-19-22-25-28-30-32-34-37-40-43-46-49-52-55-58-64(67)70-61-62(60-69-63(66)57-54-51-48-45-42-39-36-27-24-21-18-15-12-9-6-3)71-65(68)59-56-53-50-47-44-41-38-35-33-31-29-26-23-20-17-14-11-8-5-2/h16-17,19-20,25-26,28-29,32-35,62H,4-15,18,21-24,27,30-31,36-61H2,1-3H3/b19-16-,20-17-,28-25-,29-26-,34-32-,35-33-/t62-/m1/s1. The van der Waals surface area contributed by atoms with E-state index in [0.717, 1.165) is 103 Å². The van der Waals surface area contributed by atoms with Crippen LogP contribution in [0, 0.1) is 0 Å². The summed E-state index contributed by atoms with van der Waals surface area (Å²) < 4.78 is 16.9. The molecule has 0 aliphatic carbocycles. The van der Waals surface area contributed by atoms with E-state index in [0.29, 0.717) is 19.3 Å². The van der Waals surface area contributed by atoms with E-state index in [4.69, 9.17) is 14.2 Å². The molecule has 0 rings (SSSR count). The van der Waals surface area contributed by atoms with Crippen LogP contribution in [-0.2, 0) is 28.6 Å². The summed E-state index contributed by atoms with van der Waals surface area (Å²) in [5.74, 6) is -0.896. The number of allylic oxidation sites excluding steroid dienone is 12. The highest BCUT2D eigenvalue weighted by Gasteiger charge is 2.19.